The number of carbonyl (C=O) groups is 2. The van der Waals surface area contributed by atoms with Crippen LogP contribution in [0.15, 0.2) is 52.2 Å². The number of nitrogens with zero attached hydrogens (tertiary/aromatic N) is 4. The largest absolute Gasteiger partial charge is 0.467 e. The van der Waals surface area contributed by atoms with E-state index < -0.39 is 17.6 Å². The smallest absolute Gasteiger partial charge is 0.272 e. The van der Waals surface area contributed by atoms with E-state index in [9.17, 15) is 14.0 Å². The minimum absolute atomic E-state index is 0.0132. The summed E-state index contributed by atoms with van der Waals surface area (Å²) in [5, 5.41) is 9.31. The Kier molecular flexibility index (Phi) is 7.51. The molecule has 11 heteroatoms. The highest BCUT2D eigenvalue weighted by atomic mass is 32.2. The average Bonchev–Trinajstić information content (AvgIpc) is 3.46. The molecule has 0 unspecified atom stereocenters. The van der Waals surface area contributed by atoms with Crippen molar-refractivity contribution in [2.45, 2.75) is 32.0 Å². The van der Waals surface area contributed by atoms with E-state index in [1.807, 2.05) is 16.7 Å². The van der Waals surface area contributed by atoms with Crippen LogP contribution >= 0.6 is 11.8 Å². The summed E-state index contributed by atoms with van der Waals surface area (Å²) in [5.74, 6) is 0.712. The number of halogens is 1. The molecule has 1 aliphatic heterocycles. The lowest BCUT2D eigenvalue weighted by molar-refractivity contribution is -0.119. The minimum Gasteiger partial charge on any atom is -0.467 e. The Hall–Kier alpha value is -3.34. The SMILES string of the molecule is C[C@H]1C[C@H](C)CN(c2nnc(SCC(=O)NNC(=O)c3ccccc3F)n2Cc2ccco2)C1. The Morgan fingerprint density at radius 2 is 1.88 bits per heavy atom. The molecule has 2 aromatic heterocycles. The molecule has 9 nitrogen and oxygen atoms in total. The van der Waals surface area contributed by atoms with Gasteiger partial charge in [-0.25, -0.2) is 4.39 Å². The van der Waals surface area contributed by atoms with E-state index in [1.54, 1.807) is 12.3 Å². The Bertz CT molecular complexity index is 1130. The fourth-order valence-corrected chi connectivity index (χ4v) is 4.88. The number of amides is 2. The molecule has 34 heavy (non-hydrogen) atoms. The number of rotatable bonds is 7. The number of benzene rings is 1. The third kappa shape index (κ3) is 5.77. The zero-order valence-electron chi connectivity index (χ0n) is 19.0. The highest BCUT2D eigenvalue weighted by Crippen LogP contribution is 2.29. The molecule has 0 bridgehead atoms. The Morgan fingerprint density at radius 1 is 1.12 bits per heavy atom. The second-order valence-corrected chi connectivity index (χ2v) is 9.51. The number of furan rings is 1. The summed E-state index contributed by atoms with van der Waals surface area (Å²) in [6, 6.07) is 9.25. The molecule has 3 aromatic rings. The van der Waals surface area contributed by atoms with Crippen molar-refractivity contribution in [2.24, 2.45) is 11.8 Å². The van der Waals surface area contributed by atoms with Gasteiger partial charge in [0, 0.05) is 13.1 Å². The summed E-state index contributed by atoms with van der Waals surface area (Å²) < 4.78 is 21.2. The lowest BCUT2D eigenvalue weighted by Crippen LogP contribution is -2.42. The van der Waals surface area contributed by atoms with Crippen LogP contribution in [0.1, 0.15) is 36.4 Å². The lowest BCUT2D eigenvalue weighted by Gasteiger charge is -2.35. The number of nitrogens with one attached hydrogen (secondary N) is 2. The third-order valence-electron chi connectivity index (χ3n) is 5.51. The van der Waals surface area contributed by atoms with Crippen LogP contribution in [0.25, 0.3) is 0 Å². The van der Waals surface area contributed by atoms with Crippen molar-refractivity contribution in [2.75, 3.05) is 23.7 Å². The maximum Gasteiger partial charge on any atom is 0.272 e. The van der Waals surface area contributed by atoms with E-state index in [0.717, 1.165) is 24.8 Å². The van der Waals surface area contributed by atoms with E-state index >= 15 is 0 Å². The number of thioether (sulfide) groups is 1. The average molecular weight is 487 g/mol. The number of aromatic nitrogens is 3. The molecule has 4 rings (SSSR count). The monoisotopic (exact) mass is 486 g/mol. The molecular weight excluding hydrogens is 459 g/mol. The predicted octanol–water partition coefficient (Wildman–Crippen LogP) is 3.09. The number of hydrogen-bond donors (Lipinski definition) is 2. The molecule has 1 aliphatic rings. The van der Waals surface area contributed by atoms with Crippen LogP contribution in [0.5, 0.6) is 0 Å². The molecule has 0 spiro atoms. The molecule has 0 radical (unpaired) electrons. The van der Waals surface area contributed by atoms with Crippen molar-refractivity contribution in [1.29, 1.82) is 0 Å². The summed E-state index contributed by atoms with van der Waals surface area (Å²) in [6.07, 6.45) is 2.78. The van der Waals surface area contributed by atoms with Crippen LogP contribution in [0, 0.1) is 17.7 Å². The standard InChI is InChI=1S/C23H27FN6O3S/c1-15-10-16(2)12-29(11-15)22-27-28-23(30(22)13-17-6-5-9-33-17)34-14-20(31)25-26-21(32)18-7-3-4-8-19(18)24/h3-9,15-16H,10-14H2,1-2H3,(H,25,31)(H,26,32)/t15-,16-/m0/s1. The van der Waals surface area contributed by atoms with Gasteiger partial charge in [0.1, 0.15) is 11.6 Å². The first-order valence-electron chi connectivity index (χ1n) is 11.1. The predicted molar refractivity (Wildman–Crippen MR) is 126 cm³/mol. The minimum atomic E-state index is -0.729. The van der Waals surface area contributed by atoms with Crippen molar-refractivity contribution in [3.63, 3.8) is 0 Å². The quantitative estimate of drug-likeness (QED) is 0.391. The third-order valence-corrected chi connectivity index (χ3v) is 6.48. The van der Waals surface area contributed by atoms with E-state index in [1.165, 1.54) is 36.4 Å². The topological polar surface area (TPSA) is 105 Å². The van der Waals surface area contributed by atoms with Gasteiger partial charge in [0.25, 0.3) is 5.91 Å². The number of hydrogen-bond acceptors (Lipinski definition) is 7. The first-order valence-corrected chi connectivity index (χ1v) is 12.1. The van der Waals surface area contributed by atoms with Gasteiger partial charge in [0.05, 0.1) is 24.1 Å². The van der Waals surface area contributed by atoms with Gasteiger partial charge in [-0.15, -0.1) is 10.2 Å². The molecule has 2 amide bonds. The molecule has 1 saturated heterocycles. The Balaban J connectivity index is 1.41. The maximum absolute atomic E-state index is 13.7. The second kappa shape index (κ2) is 10.7. The van der Waals surface area contributed by atoms with Crippen LogP contribution in [0.3, 0.4) is 0 Å². The number of hydrazine groups is 1. The van der Waals surface area contributed by atoms with Crippen molar-refractivity contribution in [3.05, 3.63) is 59.8 Å². The van der Waals surface area contributed by atoms with Gasteiger partial charge in [0.2, 0.25) is 11.9 Å². The van der Waals surface area contributed by atoms with Crippen molar-refractivity contribution >= 4 is 29.5 Å². The van der Waals surface area contributed by atoms with Crippen molar-refractivity contribution in [1.82, 2.24) is 25.6 Å². The molecule has 0 aliphatic carbocycles. The summed E-state index contributed by atoms with van der Waals surface area (Å²) in [4.78, 5) is 26.7. The number of carbonyl (C=O) groups excluding carboxylic acids is 2. The van der Waals surface area contributed by atoms with Gasteiger partial charge >= 0.3 is 0 Å². The Labute approximate surface area is 201 Å². The van der Waals surface area contributed by atoms with Gasteiger partial charge < -0.3 is 9.32 Å². The van der Waals surface area contributed by atoms with Crippen LogP contribution in [0.4, 0.5) is 10.3 Å². The number of anilines is 1. The lowest BCUT2D eigenvalue weighted by atomic mass is 9.92. The molecule has 1 fully saturated rings. The van der Waals surface area contributed by atoms with E-state index in [2.05, 4.69) is 39.8 Å². The fourth-order valence-electron chi connectivity index (χ4n) is 4.15. The zero-order valence-corrected chi connectivity index (χ0v) is 19.8. The molecule has 2 N–H and O–H groups in total. The fraction of sp³-hybridized carbons (Fsp3) is 0.391. The number of piperidine rings is 1. The second-order valence-electron chi connectivity index (χ2n) is 8.57. The maximum atomic E-state index is 13.7. The van der Waals surface area contributed by atoms with E-state index in [-0.39, 0.29) is 11.3 Å². The zero-order chi connectivity index (χ0) is 24.1. The summed E-state index contributed by atoms with van der Waals surface area (Å²) in [5.41, 5.74) is 4.40. The molecule has 0 saturated carbocycles. The van der Waals surface area contributed by atoms with Crippen LogP contribution < -0.4 is 15.8 Å². The highest BCUT2D eigenvalue weighted by Gasteiger charge is 2.27. The van der Waals surface area contributed by atoms with Crippen molar-refractivity contribution in [3.8, 4) is 0 Å². The molecule has 180 valence electrons. The summed E-state index contributed by atoms with van der Waals surface area (Å²) in [7, 11) is 0. The normalized spacial score (nSPS) is 18.0. The van der Waals surface area contributed by atoms with Gasteiger partial charge in [-0.2, -0.15) is 0 Å². The van der Waals surface area contributed by atoms with Crippen molar-refractivity contribution < 1.29 is 18.4 Å². The van der Waals surface area contributed by atoms with Crippen LogP contribution in [-0.2, 0) is 11.3 Å². The van der Waals surface area contributed by atoms with Gasteiger partial charge in [-0.05, 0) is 42.5 Å². The van der Waals surface area contributed by atoms with Gasteiger partial charge in [-0.1, -0.05) is 37.7 Å². The van der Waals surface area contributed by atoms with Gasteiger partial charge in [0.15, 0.2) is 5.16 Å². The van der Waals surface area contributed by atoms with Gasteiger partial charge in [-0.3, -0.25) is 25.0 Å². The van der Waals surface area contributed by atoms with Crippen LogP contribution in [-0.4, -0.2) is 45.4 Å². The van der Waals surface area contributed by atoms with E-state index in [4.69, 9.17) is 4.42 Å². The highest BCUT2D eigenvalue weighted by molar-refractivity contribution is 7.99. The Morgan fingerprint density at radius 3 is 2.59 bits per heavy atom. The summed E-state index contributed by atoms with van der Waals surface area (Å²) >= 11 is 1.20. The molecule has 1 aromatic carbocycles. The first-order chi connectivity index (χ1) is 16.4. The van der Waals surface area contributed by atoms with E-state index in [0.29, 0.717) is 23.5 Å². The first kappa shape index (κ1) is 23.8. The molecule has 3 heterocycles. The van der Waals surface area contributed by atoms with Crippen LogP contribution in [0.2, 0.25) is 0 Å². The summed E-state index contributed by atoms with van der Waals surface area (Å²) in [6.45, 7) is 6.65. The molecular formula is C23H27FN6O3S. The molecule has 2 atom stereocenters.